The van der Waals surface area contributed by atoms with E-state index in [-0.39, 0.29) is 12.3 Å². The van der Waals surface area contributed by atoms with Gasteiger partial charge < -0.3 is 15.3 Å². The minimum absolute atomic E-state index is 0.0180. The quantitative estimate of drug-likeness (QED) is 0.618. The number of carbonyl (C=O) groups excluding carboxylic acids is 1. The highest BCUT2D eigenvalue weighted by atomic mass is 19.4. The van der Waals surface area contributed by atoms with Crippen molar-refractivity contribution in [3.8, 4) is 0 Å². The Labute approximate surface area is 141 Å². The highest BCUT2D eigenvalue weighted by Crippen LogP contribution is 2.30. The average Bonchev–Trinajstić information content (AvgIpc) is 2.59. The minimum Gasteiger partial charge on any atom is -0.393 e. The third kappa shape index (κ3) is 5.92. The van der Waals surface area contributed by atoms with Gasteiger partial charge in [0.1, 0.15) is 18.9 Å². The third-order valence-corrected chi connectivity index (χ3v) is 3.12. The molecule has 8 heteroatoms. The molecular weight excluding hydrogens is 337 g/mol. The van der Waals surface area contributed by atoms with Crippen LogP contribution in [-0.2, 0) is 15.8 Å². The molecule has 0 spiro atoms. The normalized spacial score (nSPS) is 12.8. The molecule has 2 N–H and O–H groups in total. The van der Waals surface area contributed by atoms with Crippen molar-refractivity contribution < 1.29 is 27.9 Å². The predicted octanol–water partition coefficient (Wildman–Crippen LogP) is 3.38. The molecule has 0 aliphatic carbocycles. The Morgan fingerprint density at radius 2 is 1.92 bits per heavy atom. The van der Waals surface area contributed by atoms with Crippen molar-refractivity contribution >= 4 is 17.8 Å². The molecule has 0 bridgehead atoms. The lowest BCUT2D eigenvalue weighted by Gasteiger charge is -2.09. The van der Waals surface area contributed by atoms with Crippen LogP contribution in [0.2, 0.25) is 0 Å². The zero-order valence-corrected chi connectivity index (χ0v) is 12.9. The summed E-state index contributed by atoms with van der Waals surface area (Å²) >= 11 is 0. The van der Waals surface area contributed by atoms with Crippen LogP contribution in [0.15, 0.2) is 59.8 Å². The van der Waals surface area contributed by atoms with Crippen LogP contribution in [0, 0.1) is 0 Å². The number of oxime groups is 1. The molecule has 0 aliphatic rings. The number of alkyl halides is 3. The molecule has 2 aromatic rings. The number of carbonyl (C=O) groups is 1. The van der Waals surface area contributed by atoms with E-state index in [0.29, 0.717) is 5.56 Å². The summed E-state index contributed by atoms with van der Waals surface area (Å²) in [7, 11) is 0. The molecule has 0 saturated carbocycles. The van der Waals surface area contributed by atoms with Crippen LogP contribution >= 0.6 is 0 Å². The zero-order valence-electron chi connectivity index (χ0n) is 12.9. The molecule has 0 unspecified atom stereocenters. The van der Waals surface area contributed by atoms with Gasteiger partial charge in [0.2, 0.25) is 0 Å². The highest BCUT2D eigenvalue weighted by molar-refractivity contribution is 6.31. The minimum atomic E-state index is -4.49. The number of hydrogen-bond acceptors (Lipinski definition) is 4. The van der Waals surface area contributed by atoms with Gasteiger partial charge in [-0.05, 0) is 23.8 Å². The molecule has 0 aliphatic heterocycles. The number of anilines is 1. The number of amides is 1. The Morgan fingerprint density at radius 1 is 1.20 bits per heavy atom. The molecular formula is C17H15F3N2O3. The first-order valence-electron chi connectivity index (χ1n) is 7.23. The van der Waals surface area contributed by atoms with Crippen LogP contribution < -0.4 is 5.32 Å². The van der Waals surface area contributed by atoms with E-state index in [1.807, 2.05) is 0 Å². The fourth-order valence-corrected chi connectivity index (χ4v) is 1.92. The molecule has 1 atom stereocenters. The van der Waals surface area contributed by atoms with Gasteiger partial charge in [0, 0.05) is 5.69 Å². The van der Waals surface area contributed by atoms with E-state index in [2.05, 4.69) is 10.5 Å². The van der Waals surface area contributed by atoms with Crippen molar-refractivity contribution in [2.75, 3.05) is 11.9 Å². The Bertz CT molecular complexity index is 733. The van der Waals surface area contributed by atoms with Crippen LogP contribution in [0.25, 0.3) is 0 Å². The van der Waals surface area contributed by atoms with Crippen LogP contribution in [-0.4, -0.2) is 23.8 Å². The van der Waals surface area contributed by atoms with Gasteiger partial charge in [-0.3, -0.25) is 4.79 Å². The highest BCUT2D eigenvalue weighted by Gasteiger charge is 2.30. The Hall–Kier alpha value is -2.87. The van der Waals surface area contributed by atoms with Gasteiger partial charge in [0.05, 0.1) is 5.56 Å². The second-order valence-corrected chi connectivity index (χ2v) is 5.02. The van der Waals surface area contributed by atoms with E-state index in [1.54, 1.807) is 30.3 Å². The van der Waals surface area contributed by atoms with Crippen LogP contribution in [0.5, 0.6) is 0 Å². The van der Waals surface area contributed by atoms with Gasteiger partial charge >= 0.3 is 6.18 Å². The summed E-state index contributed by atoms with van der Waals surface area (Å²) in [4.78, 5) is 16.4. The lowest BCUT2D eigenvalue weighted by atomic mass is 10.1. The number of hydrogen-bond donors (Lipinski definition) is 2. The number of nitrogens with zero attached hydrogens (tertiary/aromatic N) is 1. The van der Waals surface area contributed by atoms with Crippen molar-refractivity contribution in [3.63, 3.8) is 0 Å². The fourth-order valence-electron chi connectivity index (χ4n) is 1.92. The van der Waals surface area contributed by atoms with Crippen LogP contribution in [0.4, 0.5) is 18.9 Å². The SMILES string of the molecule is O=C(/C=N\OC[C@H](O)c1ccccc1)Nc1cccc(C(F)(F)F)c1. The van der Waals surface area contributed by atoms with E-state index in [1.165, 1.54) is 12.1 Å². The van der Waals surface area contributed by atoms with Crippen molar-refractivity contribution in [3.05, 3.63) is 65.7 Å². The zero-order chi connectivity index (χ0) is 18.3. The van der Waals surface area contributed by atoms with Crippen molar-refractivity contribution in [1.29, 1.82) is 0 Å². The van der Waals surface area contributed by atoms with Crippen molar-refractivity contribution in [2.24, 2.45) is 5.16 Å². The predicted molar refractivity (Wildman–Crippen MR) is 85.9 cm³/mol. The maximum Gasteiger partial charge on any atom is 0.416 e. The summed E-state index contributed by atoms with van der Waals surface area (Å²) in [6.07, 6.45) is -4.63. The smallest absolute Gasteiger partial charge is 0.393 e. The van der Waals surface area contributed by atoms with E-state index in [4.69, 9.17) is 4.84 Å². The molecule has 2 rings (SSSR count). The summed E-state index contributed by atoms with van der Waals surface area (Å²) in [5, 5.41) is 15.5. The van der Waals surface area contributed by atoms with Gasteiger partial charge in [-0.2, -0.15) is 13.2 Å². The lowest BCUT2D eigenvalue weighted by molar-refractivity contribution is -0.137. The largest absolute Gasteiger partial charge is 0.416 e. The molecule has 132 valence electrons. The van der Waals surface area contributed by atoms with Gasteiger partial charge in [0.15, 0.2) is 0 Å². The van der Waals surface area contributed by atoms with Gasteiger partial charge in [-0.1, -0.05) is 41.6 Å². The van der Waals surface area contributed by atoms with Crippen LogP contribution in [0.3, 0.4) is 0 Å². The standard InChI is InChI=1S/C17H15F3N2O3/c18-17(19,20)13-7-4-8-14(9-13)22-16(24)10-21-25-11-15(23)12-5-2-1-3-6-12/h1-10,15,23H,11H2,(H,22,24)/b21-10-/t15-/m0/s1. The molecule has 0 saturated heterocycles. The van der Waals surface area contributed by atoms with E-state index < -0.39 is 23.8 Å². The van der Waals surface area contributed by atoms with Crippen molar-refractivity contribution in [1.82, 2.24) is 0 Å². The monoisotopic (exact) mass is 352 g/mol. The molecule has 0 radical (unpaired) electrons. The Morgan fingerprint density at radius 3 is 2.60 bits per heavy atom. The summed E-state index contributed by atoms with van der Waals surface area (Å²) in [6, 6.07) is 12.9. The summed E-state index contributed by atoms with van der Waals surface area (Å²) in [5.74, 6) is -0.756. The number of nitrogens with one attached hydrogen (secondary N) is 1. The molecule has 1 amide bonds. The van der Waals surface area contributed by atoms with Gasteiger partial charge in [-0.15, -0.1) is 0 Å². The van der Waals surface area contributed by atoms with Crippen molar-refractivity contribution in [2.45, 2.75) is 12.3 Å². The first-order valence-corrected chi connectivity index (χ1v) is 7.23. The first kappa shape index (κ1) is 18.5. The molecule has 0 heterocycles. The maximum absolute atomic E-state index is 12.6. The van der Waals surface area contributed by atoms with E-state index in [0.717, 1.165) is 18.3 Å². The van der Waals surface area contributed by atoms with Gasteiger partial charge in [-0.25, -0.2) is 0 Å². The van der Waals surface area contributed by atoms with E-state index >= 15 is 0 Å². The molecule has 25 heavy (non-hydrogen) atoms. The number of halogens is 3. The number of rotatable bonds is 6. The van der Waals surface area contributed by atoms with Crippen LogP contribution in [0.1, 0.15) is 17.2 Å². The van der Waals surface area contributed by atoms with Gasteiger partial charge in [0.25, 0.3) is 5.91 Å². The molecule has 5 nitrogen and oxygen atoms in total. The lowest BCUT2D eigenvalue weighted by Crippen LogP contribution is -2.14. The fraction of sp³-hybridized carbons (Fsp3) is 0.176. The topological polar surface area (TPSA) is 70.9 Å². The maximum atomic E-state index is 12.6. The summed E-state index contributed by atoms with van der Waals surface area (Å²) in [6.45, 7) is -0.169. The average molecular weight is 352 g/mol. The third-order valence-electron chi connectivity index (χ3n) is 3.12. The molecule has 0 aromatic heterocycles. The molecule has 2 aromatic carbocycles. The number of aliphatic hydroxyl groups excluding tert-OH is 1. The number of aliphatic hydroxyl groups is 1. The van der Waals surface area contributed by atoms with E-state index in [9.17, 15) is 23.1 Å². The first-order chi connectivity index (χ1) is 11.9. The Balaban J connectivity index is 1.83. The molecule has 0 fully saturated rings. The second-order valence-electron chi connectivity index (χ2n) is 5.02. The second kappa shape index (κ2) is 8.29. The Kier molecular flexibility index (Phi) is 6.13. The number of benzene rings is 2. The summed E-state index contributed by atoms with van der Waals surface area (Å²) < 4.78 is 37.8. The summed E-state index contributed by atoms with van der Waals surface area (Å²) in [5.41, 5.74) is -0.258.